The predicted molar refractivity (Wildman–Crippen MR) is 151 cm³/mol. The van der Waals surface area contributed by atoms with E-state index in [9.17, 15) is 13.2 Å². The molecular weight excluding hydrogens is 517 g/mol. The van der Waals surface area contributed by atoms with E-state index in [0.717, 1.165) is 67.1 Å². The first-order chi connectivity index (χ1) is 19.4. The van der Waals surface area contributed by atoms with E-state index in [1.807, 2.05) is 0 Å². The molecule has 40 heavy (non-hydrogen) atoms. The number of nitrogens with zero attached hydrogens (tertiary/aromatic N) is 4. The molecule has 0 atom stereocenters. The van der Waals surface area contributed by atoms with Crippen molar-refractivity contribution in [2.75, 3.05) is 44.2 Å². The van der Waals surface area contributed by atoms with Gasteiger partial charge < -0.3 is 19.6 Å². The van der Waals surface area contributed by atoms with Crippen LogP contribution in [0, 0.1) is 0 Å². The minimum absolute atomic E-state index is 0.197. The van der Waals surface area contributed by atoms with Gasteiger partial charge in [-0.05, 0) is 36.2 Å². The lowest BCUT2D eigenvalue weighted by molar-refractivity contribution is -0.144. The number of halogens is 3. The third-order valence-corrected chi connectivity index (χ3v) is 7.38. The van der Waals surface area contributed by atoms with Crippen molar-refractivity contribution < 1.29 is 17.9 Å². The molecule has 7 nitrogen and oxygen atoms in total. The van der Waals surface area contributed by atoms with Crippen molar-refractivity contribution in [3.8, 4) is 17.1 Å². The van der Waals surface area contributed by atoms with Crippen LogP contribution in [-0.4, -0.2) is 64.2 Å². The van der Waals surface area contributed by atoms with Crippen LogP contribution in [0.3, 0.4) is 0 Å². The van der Waals surface area contributed by atoms with Crippen LogP contribution in [0.2, 0.25) is 0 Å². The maximum absolute atomic E-state index is 13.1. The van der Waals surface area contributed by atoms with Crippen molar-refractivity contribution in [1.82, 2.24) is 24.8 Å². The smallest absolute Gasteiger partial charge is 0.449 e. The predicted octanol–water partition coefficient (Wildman–Crippen LogP) is 6.28. The van der Waals surface area contributed by atoms with E-state index in [1.165, 1.54) is 5.56 Å². The average Bonchev–Trinajstić information content (AvgIpc) is 3.60. The van der Waals surface area contributed by atoms with Crippen molar-refractivity contribution in [1.29, 1.82) is 0 Å². The highest BCUT2D eigenvalue weighted by Gasteiger charge is 2.35. The Labute approximate surface area is 230 Å². The molecule has 0 spiro atoms. The van der Waals surface area contributed by atoms with E-state index in [2.05, 4.69) is 74.1 Å². The van der Waals surface area contributed by atoms with Gasteiger partial charge in [0.15, 0.2) is 0 Å². The van der Waals surface area contributed by atoms with Crippen molar-refractivity contribution in [3.05, 3.63) is 72.1 Å². The summed E-state index contributed by atoms with van der Waals surface area (Å²) in [5.41, 5.74) is 6.02. The highest BCUT2D eigenvalue weighted by atomic mass is 19.4. The van der Waals surface area contributed by atoms with Gasteiger partial charge in [0.1, 0.15) is 29.2 Å². The van der Waals surface area contributed by atoms with Gasteiger partial charge in [-0.25, -0.2) is 9.97 Å². The summed E-state index contributed by atoms with van der Waals surface area (Å²) in [6, 6.07) is 19.7. The lowest BCUT2D eigenvalue weighted by Gasteiger charge is -2.36. The highest BCUT2D eigenvalue weighted by Crippen LogP contribution is 2.32. The molecule has 0 saturated carbocycles. The summed E-state index contributed by atoms with van der Waals surface area (Å²) in [6.45, 7) is 6.60. The fourth-order valence-corrected chi connectivity index (χ4v) is 5.28. The Morgan fingerprint density at radius 1 is 0.850 bits per heavy atom. The van der Waals surface area contributed by atoms with Gasteiger partial charge in [-0.2, -0.15) is 13.2 Å². The molecule has 0 aliphatic carbocycles. The van der Waals surface area contributed by atoms with Crippen LogP contribution >= 0.6 is 0 Å². The van der Waals surface area contributed by atoms with Gasteiger partial charge in [0.2, 0.25) is 5.82 Å². The third kappa shape index (κ3) is 5.36. The number of ether oxygens (including phenoxy) is 1. The average molecular weight is 549 g/mol. The molecule has 10 heteroatoms. The molecule has 0 unspecified atom stereocenters. The van der Waals surface area contributed by atoms with Crippen molar-refractivity contribution in [3.63, 3.8) is 0 Å². The molecule has 2 N–H and O–H groups in total. The van der Waals surface area contributed by atoms with Gasteiger partial charge >= 0.3 is 6.18 Å². The number of hydrogen-bond acceptors (Lipinski definition) is 5. The SMILES string of the molecule is CCCc1ccc(-c2nc3c(N4CCN(CCOc5cccc6[nH]c(C(F)(F)F)nc56)CC4)cccc3[nH]2)cc1. The molecule has 0 radical (unpaired) electrons. The van der Waals surface area contributed by atoms with Crippen molar-refractivity contribution in [2.45, 2.75) is 25.9 Å². The lowest BCUT2D eigenvalue weighted by Crippen LogP contribution is -2.47. The molecule has 3 aromatic carbocycles. The zero-order valence-corrected chi connectivity index (χ0v) is 22.3. The zero-order chi connectivity index (χ0) is 27.7. The van der Waals surface area contributed by atoms with Gasteiger partial charge in [-0.1, -0.05) is 49.7 Å². The maximum Gasteiger partial charge on any atom is 0.449 e. The molecule has 1 saturated heterocycles. The molecule has 1 fully saturated rings. The number of anilines is 1. The topological polar surface area (TPSA) is 73.1 Å². The second-order valence-corrected chi connectivity index (χ2v) is 10.1. The number of para-hydroxylation sites is 2. The van der Waals surface area contributed by atoms with E-state index >= 15 is 0 Å². The highest BCUT2D eigenvalue weighted by molar-refractivity contribution is 5.91. The number of imidazole rings is 2. The number of H-pyrrole nitrogens is 2. The summed E-state index contributed by atoms with van der Waals surface area (Å²) < 4.78 is 45.0. The number of benzene rings is 3. The standard InChI is InChI=1S/C30H31F3N6O/c1-2-5-20-10-12-21(13-11-20)28-34-22-6-3-8-24(26(22)36-28)39-16-14-38(15-17-39)18-19-40-25-9-4-7-23-27(25)37-29(35-23)30(31,32)33/h3-4,6-13H,2,5,14-19H2,1H3,(H,34,36)(H,35,37). The third-order valence-electron chi connectivity index (χ3n) is 7.38. The van der Waals surface area contributed by atoms with E-state index in [0.29, 0.717) is 24.4 Å². The summed E-state index contributed by atoms with van der Waals surface area (Å²) in [4.78, 5) is 19.2. The second kappa shape index (κ2) is 10.8. The minimum Gasteiger partial charge on any atom is -0.490 e. The van der Waals surface area contributed by atoms with E-state index in [1.54, 1.807) is 18.2 Å². The molecule has 0 bridgehead atoms. The van der Waals surface area contributed by atoms with E-state index < -0.39 is 12.0 Å². The van der Waals surface area contributed by atoms with Crippen LogP contribution in [0.5, 0.6) is 5.75 Å². The number of aryl methyl sites for hydroxylation is 1. The van der Waals surface area contributed by atoms with Crippen LogP contribution in [0.4, 0.5) is 18.9 Å². The number of rotatable bonds is 8. The summed E-state index contributed by atoms with van der Waals surface area (Å²) in [6.07, 6.45) is -2.33. The van der Waals surface area contributed by atoms with E-state index in [4.69, 9.17) is 9.72 Å². The zero-order valence-electron chi connectivity index (χ0n) is 22.3. The Balaban J connectivity index is 1.07. The molecule has 3 heterocycles. The second-order valence-electron chi connectivity index (χ2n) is 10.1. The number of alkyl halides is 3. The molecule has 1 aliphatic heterocycles. The summed E-state index contributed by atoms with van der Waals surface area (Å²) in [5.74, 6) is 0.207. The number of aromatic nitrogens is 4. The number of aromatic amines is 2. The first kappa shape index (κ1) is 26.2. The quantitative estimate of drug-likeness (QED) is 0.239. The molecule has 2 aromatic heterocycles. The van der Waals surface area contributed by atoms with Gasteiger partial charge in [-0.15, -0.1) is 0 Å². The van der Waals surface area contributed by atoms with Gasteiger partial charge in [0, 0.05) is 38.3 Å². The Kier molecular flexibility index (Phi) is 7.10. The fraction of sp³-hybridized carbons (Fsp3) is 0.333. The van der Waals surface area contributed by atoms with Crippen LogP contribution in [-0.2, 0) is 12.6 Å². The summed E-state index contributed by atoms with van der Waals surface area (Å²) in [7, 11) is 0. The molecule has 5 aromatic rings. The molecule has 208 valence electrons. The number of piperazine rings is 1. The first-order valence-corrected chi connectivity index (χ1v) is 13.6. The molecule has 1 aliphatic rings. The molecular formula is C30H31F3N6O. The summed E-state index contributed by atoms with van der Waals surface area (Å²) >= 11 is 0. The van der Waals surface area contributed by atoms with Gasteiger partial charge in [0.25, 0.3) is 0 Å². The Bertz CT molecular complexity index is 1600. The van der Waals surface area contributed by atoms with Crippen LogP contribution in [0.1, 0.15) is 24.7 Å². The Hall–Kier alpha value is -4.05. The normalized spacial score (nSPS) is 14.8. The van der Waals surface area contributed by atoms with Crippen LogP contribution in [0.25, 0.3) is 33.5 Å². The molecule has 0 amide bonds. The Morgan fingerprint density at radius 3 is 2.30 bits per heavy atom. The first-order valence-electron chi connectivity index (χ1n) is 13.6. The van der Waals surface area contributed by atoms with E-state index in [-0.39, 0.29) is 5.52 Å². The maximum atomic E-state index is 13.1. The monoisotopic (exact) mass is 548 g/mol. The lowest BCUT2D eigenvalue weighted by atomic mass is 10.1. The Morgan fingerprint density at radius 2 is 1.57 bits per heavy atom. The van der Waals surface area contributed by atoms with Crippen molar-refractivity contribution >= 4 is 27.8 Å². The summed E-state index contributed by atoms with van der Waals surface area (Å²) in [5, 5.41) is 0. The number of hydrogen-bond donors (Lipinski definition) is 2. The number of nitrogens with one attached hydrogen (secondary N) is 2. The van der Waals surface area contributed by atoms with Crippen molar-refractivity contribution in [2.24, 2.45) is 0 Å². The van der Waals surface area contributed by atoms with Crippen LogP contribution in [0.15, 0.2) is 60.7 Å². The van der Waals surface area contributed by atoms with Crippen LogP contribution < -0.4 is 9.64 Å². The minimum atomic E-state index is -4.53. The molecule has 6 rings (SSSR count). The number of fused-ring (bicyclic) bond motifs is 2. The largest absolute Gasteiger partial charge is 0.490 e. The fourth-order valence-electron chi connectivity index (χ4n) is 5.28. The van der Waals surface area contributed by atoms with Gasteiger partial charge in [-0.3, -0.25) is 4.90 Å². The van der Waals surface area contributed by atoms with Gasteiger partial charge in [0.05, 0.1) is 16.7 Å².